The lowest BCUT2D eigenvalue weighted by Gasteiger charge is -2.23. The number of hydrogen-bond acceptors (Lipinski definition) is 5. The maximum Gasteiger partial charge on any atom is 0.238 e. The minimum Gasteiger partial charge on any atom is -0.495 e. The number of hydrogen-bond donors (Lipinski definition) is 1. The average Bonchev–Trinajstić information content (AvgIpc) is 3.28. The van der Waals surface area contributed by atoms with Crippen LogP contribution in [-0.4, -0.2) is 65.2 Å². The molecule has 0 radical (unpaired) electrons. The molecule has 168 valence electrons. The Balaban J connectivity index is 1.53. The van der Waals surface area contributed by atoms with Gasteiger partial charge in [-0.15, -0.1) is 0 Å². The van der Waals surface area contributed by atoms with E-state index in [9.17, 15) is 9.59 Å². The van der Waals surface area contributed by atoms with E-state index >= 15 is 0 Å². The van der Waals surface area contributed by atoms with E-state index in [0.29, 0.717) is 24.5 Å². The van der Waals surface area contributed by atoms with Gasteiger partial charge in [-0.05, 0) is 30.8 Å². The quantitative estimate of drug-likeness (QED) is 0.530. The van der Waals surface area contributed by atoms with Crippen molar-refractivity contribution in [1.82, 2.24) is 19.6 Å². The summed E-state index contributed by atoms with van der Waals surface area (Å²) in [5, 5.41) is 7.22. The SMILES string of the molecule is CCN(CC(=O)Nc1ccccc1OC)CC(=O)N(C)Cc1cnn(-c2ccccc2)c1. The molecule has 0 aliphatic rings. The van der Waals surface area contributed by atoms with Gasteiger partial charge in [0.25, 0.3) is 0 Å². The van der Waals surface area contributed by atoms with E-state index in [4.69, 9.17) is 4.74 Å². The molecule has 0 saturated carbocycles. The van der Waals surface area contributed by atoms with Crippen LogP contribution in [0, 0.1) is 0 Å². The molecule has 0 aliphatic heterocycles. The van der Waals surface area contributed by atoms with Gasteiger partial charge in [-0.25, -0.2) is 4.68 Å². The minimum atomic E-state index is -0.198. The molecule has 8 nitrogen and oxygen atoms in total. The summed E-state index contributed by atoms with van der Waals surface area (Å²) in [4.78, 5) is 28.7. The standard InChI is InChI=1S/C24H29N5O3/c1-4-28(17-23(30)26-21-12-8-9-13-22(21)32-3)18-24(31)27(2)15-19-14-25-29(16-19)20-10-6-5-7-11-20/h5-14,16H,4,15,17-18H2,1-3H3,(H,26,30). The number of likely N-dealkylation sites (N-methyl/N-ethyl adjacent to an activating group) is 2. The fourth-order valence-electron chi connectivity index (χ4n) is 3.26. The lowest BCUT2D eigenvalue weighted by molar-refractivity contribution is -0.132. The number of nitrogens with zero attached hydrogens (tertiary/aromatic N) is 4. The number of anilines is 1. The van der Waals surface area contributed by atoms with E-state index in [2.05, 4.69) is 10.4 Å². The van der Waals surface area contributed by atoms with Gasteiger partial charge in [0.15, 0.2) is 0 Å². The molecule has 8 heteroatoms. The Morgan fingerprint density at radius 2 is 1.78 bits per heavy atom. The molecule has 3 aromatic rings. The van der Waals surface area contributed by atoms with Crippen LogP contribution in [0.5, 0.6) is 5.75 Å². The van der Waals surface area contributed by atoms with E-state index < -0.39 is 0 Å². The third-order valence-corrected chi connectivity index (χ3v) is 5.06. The van der Waals surface area contributed by atoms with Gasteiger partial charge in [-0.3, -0.25) is 14.5 Å². The molecular weight excluding hydrogens is 406 g/mol. The van der Waals surface area contributed by atoms with Crippen molar-refractivity contribution in [2.45, 2.75) is 13.5 Å². The number of nitrogens with one attached hydrogen (secondary N) is 1. The fraction of sp³-hybridized carbons (Fsp3) is 0.292. The van der Waals surface area contributed by atoms with Gasteiger partial charge in [0, 0.05) is 25.4 Å². The van der Waals surface area contributed by atoms with Crippen LogP contribution in [0.15, 0.2) is 67.0 Å². The second kappa shape index (κ2) is 11.1. The number of methoxy groups -OCH3 is 1. The van der Waals surface area contributed by atoms with Crippen molar-refractivity contribution in [2.24, 2.45) is 0 Å². The molecule has 0 atom stereocenters. The number of aromatic nitrogens is 2. The predicted octanol–water partition coefficient (Wildman–Crippen LogP) is 2.80. The largest absolute Gasteiger partial charge is 0.495 e. The molecule has 0 saturated heterocycles. The van der Waals surface area contributed by atoms with Crippen molar-refractivity contribution < 1.29 is 14.3 Å². The predicted molar refractivity (Wildman–Crippen MR) is 124 cm³/mol. The molecule has 0 unspecified atom stereocenters. The molecule has 32 heavy (non-hydrogen) atoms. The first-order valence-electron chi connectivity index (χ1n) is 10.5. The van der Waals surface area contributed by atoms with Gasteiger partial charge >= 0.3 is 0 Å². The minimum absolute atomic E-state index is 0.0654. The van der Waals surface area contributed by atoms with Crippen LogP contribution >= 0.6 is 0 Å². The number of ether oxygens (including phenoxy) is 1. The molecule has 0 aliphatic carbocycles. The topological polar surface area (TPSA) is 79.7 Å². The van der Waals surface area contributed by atoms with Gasteiger partial charge in [-0.1, -0.05) is 37.3 Å². The normalized spacial score (nSPS) is 10.8. The van der Waals surface area contributed by atoms with Crippen LogP contribution in [0.3, 0.4) is 0 Å². The van der Waals surface area contributed by atoms with Gasteiger partial charge in [0.2, 0.25) is 11.8 Å². The first-order valence-corrected chi connectivity index (χ1v) is 10.5. The maximum absolute atomic E-state index is 12.7. The molecule has 0 spiro atoms. The molecule has 2 amide bonds. The first-order chi connectivity index (χ1) is 15.5. The maximum atomic E-state index is 12.7. The molecule has 2 aromatic carbocycles. The first kappa shape index (κ1) is 23.0. The highest BCUT2D eigenvalue weighted by Crippen LogP contribution is 2.22. The van der Waals surface area contributed by atoms with Crippen molar-refractivity contribution in [3.63, 3.8) is 0 Å². The molecular formula is C24H29N5O3. The number of rotatable bonds is 10. The lowest BCUT2D eigenvalue weighted by Crippen LogP contribution is -2.41. The van der Waals surface area contributed by atoms with Gasteiger partial charge in [0.1, 0.15) is 5.75 Å². The molecule has 0 fully saturated rings. The van der Waals surface area contributed by atoms with Crippen molar-refractivity contribution in [3.05, 3.63) is 72.6 Å². The third-order valence-electron chi connectivity index (χ3n) is 5.06. The van der Waals surface area contributed by atoms with Crippen molar-refractivity contribution in [2.75, 3.05) is 39.1 Å². The van der Waals surface area contributed by atoms with Crippen LogP contribution in [0.25, 0.3) is 5.69 Å². The van der Waals surface area contributed by atoms with Crippen LogP contribution in [0.4, 0.5) is 5.69 Å². The highest BCUT2D eigenvalue weighted by Gasteiger charge is 2.17. The Hall–Kier alpha value is -3.65. The zero-order valence-electron chi connectivity index (χ0n) is 18.7. The Bertz CT molecular complexity index is 1030. The van der Waals surface area contributed by atoms with Crippen LogP contribution < -0.4 is 10.1 Å². The van der Waals surface area contributed by atoms with Crippen molar-refractivity contribution in [1.29, 1.82) is 0 Å². The smallest absolute Gasteiger partial charge is 0.238 e. The average molecular weight is 436 g/mol. The molecule has 1 N–H and O–H groups in total. The van der Waals surface area contributed by atoms with Crippen LogP contribution in [-0.2, 0) is 16.1 Å². The van der Waals surface area contributed by atoms with E-state index in [1.807, 2.05) is 55.6 Å². The number of benzene rings is 2. The van der Waals surface area contributed by atoms with Crippen LogP contribution in [0.2, 0.25) is 0 Å². The van der Waals surface area contributed by atoms with E-state index in [1.54, 1.807) is 47.0 Å². The second-order valence-corrected chi connectivity index (χ2v) is 7.43. The third kappa shape index (κ3) is 6.18. The Morgan fingerprint density at radius 3 is 2.50 bits per heavy atom. The summed E-state index contributed by atoms with van der Waals surface area (Å²) in [6.07, 6.45) is 3.67. The monoisotopic (exact) mass is 435 g/mol. The van der Waals surface area contributed by atoms with E-state index in [1.165, 1.54) is 0 Å². The zero-order valence-corrected chi connectivity index (χ0v) is 18.7. The summed E-state index contributed by atoms with van der Waals surface area (Å²) in [5.41, 5.74) is 2.50. The summed E-state index contributed by atoms with van der Waals surface area (Å²) in [6, 6.07) is 17.0. The fourth-order valence-corrected chi connectivity index (χ4v) is 3.26. The summed E-state index contributed by atoms with van der Waals surface area (Å²) in [7, 11) is 3.31. The number of para-hydroxylation sites is 3. The summed E-state index contributed by atoms with van der Waals surface area (Å²) in [5.74, 6) is 0.330. The Labute approximate surface area is 188 Å². The number of amides is 2. The van der Waals surface area contributed by atoms with E-state index in [0.717, 1.165) is 11.3 Å². The summed E-state index contributed by atoms with van der Waals surface area (Å²) < 4.78 is 7.05. The zero-order chi connectivity index (χ0) is 22.9. The summed E-state index contributed by atoms with van der Waals surface area (Å²) in [6.45, 7) is 3.20. The van der Waals surface area contributed by atoms with Gasteiger partial charge in [-0.2, -0.15) is 5.10 Å². The Kier molecular flexibility index (Phi) is 7.99. The van der Waals surface area contributed by atoms with Gasteiger partial charge in [0.05, 0.1) is 37.8 Å². The van der Waals surface area contributed by atoms with Crippen LogP contribution in [0.1, 0.15) is 12.5 Å². The number of carbonyl (C=O) groups is 2. The molecule has 0 bridgehead atoms. The van der Waals surface area contributed by atoms with Gasteiger partial charge < -0.3 is 15.0 Å². The highest BCUT2D eigenvalue weighted by atomic mass is 16.5. The Morgan fingerprint density at radius 1 is 1.06 bits per heavy atom. The van der Waals surface area contributed by atoms with E-state index in [-0.39, 0.29) is 24.9 Å². The summed E-state index contributed by atoms with van der Waals surface area (Å²) >= 11 is 0. The lowest BCUT2D eigenvalue weighted by atomic mass is 10.3. The van der Waals surface area contributed by atoms with Crippen molar-refractivity contribution in [3.8, 4) is 11.4 Å². The molecule has 3 rings (SSSR count). The van der Waals surface area contributed by atoms with Crippen molar-refractivity contribution >= 4 is 17.5 Å². The number of carbonyl (C=O) groups excluding carboxylic acids is 2. The second-order valence-electron chi connectivity index (χ2n) is 7.43. The highest BCUT2D eigenvalue weighted by molar-refractivity contribution is 5.94. The molecule has 1 aromatic heterocycles. The molecule has 1 heterocycles.